The zero-order valence-corrected chi connectivity index (χ0v) is 4.68. The second-order valence-electron chi connectivity index (χ2n) is 1.28. The molecular formula is C3H6BLiN2. The van der Waals surface area contributed by atoms with Crippen molar-refractivity contribution in [3.05, 3.63) is 12.4 Å². The van der Waals surface area contributed by atoms with Gasteiger partial charge < -0.3 is 10.0 Å². The number of nitrogens with one attached hydrogen (secondary N) is 1. The first kappa shape index (κ1) is 7.00. The summed E-state index contributed by atoms with van der Waals surface area (Å²) >= 11 is 0. The number of hydrogen-bond donors (Lipinski definition) is 1. The Morgan fingerprint density at radius 3 is 2.57 bits per heavy atom. The Morgan fingerprint density at radius 2 is 2.43 bits per heavy atom. The van der Waals surface area contributed by atoms with E-state index in [9.17, 15) is 0 Å². The van der Waals surface area contributed by atoms with E-state index in [1.807, 2.05) is 31.8 Å². The molecule has 0 amide bonds. The normalized spacial score (nSPS) is 15.9. The summed E-state index contributed by atoms with van der Waals surface area (Å²) in [5.74, 6) is 0. The summed E-state index contributed by atoms with van der Waals surface area (Å²) in [7, 11) is 3.84. The molecule has 2 radical (unpaired) electrons. The molecule has 0 saturated heterocycles. The van der Waals surface area contributed by atoms with Gasteiger partial charge in [-0.1, -0.05) is 7.55 Å². The minimum absolute atomic E-state index is 0. The third kappa shape index (κ3) is 1.96. The van der Waals surface area contributed by atoms with Crippen LogP contribution in [-0.4, -0.2) is 19.4 Å². The third-order valence-electron chi connectivity index (χ3n) is 0.684. The Balaban J connectivity index is 0.000000360. The molecule has 7 heavy (non-hydrogen) atoms. The summed E-state index contributed by atoms with van der Waals surface area (Å²) in [6.07, 6.45) is 3.82. The van der Waals surface area contributed by atoms with Gasteiger partial charge in [0.2, 0.25) is 0 Å². The van der Waals surface area contributed by atoms with Gasteiger partial charge in [0.25, 0.3) is 0 Å². The van der Waals surface area contributed by atoms with E-state index in [2.05, 4.69) is 5.23 Å². The maximum atomic E-state index is 2.89. The zero-order chi connectivity index (χ0) is 4.41. The molecule has 2 nitrogen and oxygen atoms in total. The van der Waals surface area contributed by atoms with E-state index in [1.165, 1.54) is 0 Å². The monoisotopic (exact) mass is 88.1 g/mol. The minimum Gasteiger partial charge on any atom is -0.603 e. The van der Waals surface area contributed by atoms with E-state index in [0.29, 0.717) is 0 Å². The van der Waals surface area contributed by atoms with Crippen LogP contribution in [-0.2, 0) is 0 Å². The van der Waals surface area contributed by atoms with Gasteiger partial charge in [-0.05, 0) is 19.4 Å². The van der Waals surface area contributed by atoms with Crippen LogP contribution in [0.3, 0.4) is 0 Å². The fourth-order valence-corrected chi connectivity index (χ4v) is 0.364. The predicted molar refractivity (Wildman–Crippen MR) is 25.8 cm³/mol. The molecule has 0 fully saturated rings. The largest absolute Gasteiger partial charge is 1.00 e. The number of nitrogens with zero attached hydrogens (tertiary/aromatic N) is 1. The van der Waals surface area contributed by atoms with E-state index in [1.54, 1.807) is 0 Å². The standard InChI is InChI=1S/C3H6BN2.Li/c1-6-3-2-5-4-6;/h2-3,5H,1H3;/q-1;+1. The molecule has 0 unspecified atom stereocenters. The SMILES string of the molecule is CN1[B-]NC=C1.[Li+]. The topological polar surface area (TPSA) is 15.3 Å². The molecule has 0 aliphatic carbocycles. The van der Waals surface area contributed by atoms with Gasteiger partial charge in [-0.3, -0.25) is 0 Å². The van der Waals surface area contributed by atoms with Crippen molar-refractivity contribution in [2.24, 2.45) is 0 Å². The Morgan fingerprint density at radius 1 is 1.71 bits per heavy atom. The van der Waals surface area contributed by atoms with E-state index in [4.69, 9.17) is 0 Å². The van der Waals surface area contributed by atoms with Crippen molar-refractivity contribution >= 4 is 7.55 Å². The van der Waals surface area contributed by atoms with Crippen molar-refractivity contribution in [2.45, 2.75) is 0 Å². The molecule has 0 aromatic rings. The molecule has 0 aromatic heterocycles. The molecule has 1 aliphatic rings. The molecule has 0 atom stereocenters. The first-order valence-electron chi connectivity index (χ1n) is 1.87. The van der Waals surface area contributed by atoms with Crippen LogP contribution in [0.5, 0.6) is 0 Å². The molecule has 1 rings (SSSR count). The summed E-state index contributed by atoms with van der Waals surface area (Å²) in [5.41, 5.74) is 0. The van der Waals surface area contributed by atoms with Crippen molar-refractivity contribution in [1.82, 2.24) is 10.0 Å². The molecular weight excluding hydrogens is 81.8 g/mol. The van der Waals surface area contributed by atoms with Crippen LogP contribution < -0.4 is 24.1 Å². The smallest absolute Gasteiger partial charge is 0.603 e. The van der Waals surface area contributed by atoms with Crippen molar-refractivity contribution in [2.75, 3.05) is 7.05 Å². The second kappa shape index (κ2) is 3.06. The maximum Gasteiger partial charge on any atom is 1.00 e. The number of hydrogen-bond acceptors (Lipinski definition) is 2. The van der Waals surface area contributed by atoms with Crippen molar-refractivity contribution in [3.63, 3.8) is 0 Å². The Hall–Kier alpha value is 0.00234. The van der Waals surface area contributed by atoms with Gasteiger partial charge in [0.1, 0.15) is 0 Å². The second-order valence-corrected chi connectivity index (χ2v) is 1.28. The van der Waals surface area contributed by atoms with Gasteiger partial charge in [-0.25, -0.2) is 0 Å². The number of rotatable bonds is 0. The van der Waals surface area contributed by atoms with Crippen LogP contribution in [0.2, 0.25) is 0 Å². The van der Waals surface area contributed by atoms with Gasteiger partial charge in [0.15, 0.2) is 0 Å². The van der Waals surface area contributed by atoms with Crippen LogP contribution in [0.1, 0.15) is 0 Å². The third-order valence-corrected chi connectivity index (χ3v) is 0.684. The summed E-state index contributed by atoms with van der Waals surface area (Å²) in [6.45, 7) is 0. The summed E-state index contributed by atoms with van der Waals surface area (Å²) < 4.78 is 0. The van der Waals surface area contributed by atoms with Gasteiger partial charge >= 0.3 is 18.9 Å². The first-order valence-corrected chi connectivity index (χ1v) is 1.87. The van der Waals surface area contributed by atoms with Gasteiger partial charge in [0, 0.05) is 0 Å². The maximum absolute atomic E-state index is 2.89. The fraction of sp³-hybridized carbons (Fsp3) is 0.333. The van der Waals surface area contributed by atoms with Crippen molar-refractivity contribution in [3.8, 4) is 0 Å². The summed E-state index contributed by atoms with van der Waals surface area (Å²) in [4.78, 5) is 1.94. The zero-order valence-electron chi connectivity index (χ0n) is 4.68. The van der Waals surface area contributed by atoms with Crippen LogP contribution in [0, 0.1) is 0 Å². The van der Waals surface area contributed by atoms with Crippen LogP contribution in [0.4, 0.5) is 0 Å². The Kier molecular flexibility index (Phi) is 3.06. The summed E-state index contributed by atoms with van der Waals surface area (Å²) in [6, 6.07) is 0. The molecule has 0 aromatic carbocycles. The Labute approximate surface area is 56.4 Å². The molecule has 32 valence electrons. The van der Waals surface area contributed by atoms with Crippen LogP contribution in [0.15, 0.2) is 12.4 Å². The molecule has 0 bridgehead atoms. The predicted octanol–water partition coefficient (Wildman–Crippen LogP) is -3.47. The quantitative estimate of drug-likeness (QED) is 0.309. The van der Waals surface area contributed by atoms with Crippen LogP contribution in [0.25, 0.3) is 0 Å². The summed E-state index contributed by atoms with van der Waals surface area (Å²) in [5, 5.41) is 2.89. The molecule has 1 aliphatic heterocycles. The fourth-order valence-electron chi connectivity index (χ4n) is 0.364. The molecule has 0 spiro atoms. The Bertz CT molecular complexity index is 75.3. The molecule has 1 heterocycles. The van der Waals surface area contributed by atoms with Gasteiger partial charge in [-0.2, -0.15) is 0 Å². The van der Waals surface area contributed by atoms with E-state index in [-0.39, 0.29) is 18.9 Å². The first-order chi connectivity index (χ1) is 2.89. The van der Waals surface area contributed by atoms with Gasteiger partial charge in [-0.15, -0.1) is 0 Å². The van der Waals surface area contributed by atoms with E-state index in [0.717, 1.165) is 0 Å². The minimum atomic E-state index is 0. The average molecular weight is 87.8 g/mol. The van der Waals surface area contributed by atoms with E-state index >= 15 is 0 Å². The van der Waals surface area contributed by atoms with E-state index < -0.39 is 0 Å². The van der Waals surface area contributed by atoms with Crippen molar-refractivity contribution < 1.29 is 18.9 Å². The molecule has 1 N–H and O–H groups in total. The molecule has 0 saturated carbocycles. The average Bonchev–Trinajstić information content (AvgIpc) is 1.86. The van der Waals surface area contributed by atoms with Crippen LogP contribution >= 0.6 is 0 Å². The van der Waals surface area contributed by atoms with Gasteiger partial charge in [0.05, 0.1) is 0 Å². The molecule has 4 heteroatoms. The van der Waals surface area contributed by atoms with Crippen molar-refractivity contribution in [1.29, 1.82) is 0 Å².